The van der Waals surface area contributed by atoms with Gasteiger partial charge in [0.05, 0.1) is 0 Å². The Hall–Kier alpha value is -0.600. The Morgan fingerprint density at radius 1 is 1.07 bits per heavy atom. The topological polar surface area (TPSA) is 29.3 Å². The summed E-state index contributed by atoms with van der Waals surface area (Å²) in [5.74, 6) is 0. The van der Waals surface area contributed by atoms with Crippen molar-refractivity contribution in [3.8, 4) is 0 Å². The molecule has 2 N–H and O–H groups in total. The molecule has 0 aliphatic rings. The molecule has 0 aromatic carbocycles. The first-order chi connectivity index (χ1) is 6.74. The summed E-state index contributed by atoms with van der Waals surface area (Å²) in [6, 6.07) is 0. The van der Waals surface area contributed by atoms with E-state index in [4.69, 9.17) is 5.73 Å². The summed E-state index contributed by atoms with van der Waals surface area (Å²) in [4.78, 5) is 2.30. The van der Waals surface area contributed by atoms with Gasteiger partial charge >= 0.3 is 0 Å². The third-order valence-corrected chi connectivity index (χ3v) is 3.14. The van der Waals surface area contributed by atoms with Gasteiger partial charge in [0.2, 0.25) is 0 Å². The molecule has 0 radical (unpaired) electrons. The van der Waals surface area contributed by atoms with Gasteiger partial charge in [-0.05, 0) is 19.3 Å². The van der Waals surface area contributed by atoms with Crippen LogP contribution in [0.15, 0.2) is 25.3 Å². The van der Waals surface area contributed by atoms with Crippen LogP contribution in [0.5, 0.6) is 0 Å². The molecular weight excluding hydrogens is 184 g/mol. The van der Waals surface area contributed by atoms with Crippen molar-refractivity contribution in [1.29, 1.82) is 0 Å². The quantitative estimate of drug-likeness (QED) is 0.654. The fraction of sp³-hybridized carbons (Fsp3) is 0.692. The van der Waals surface area contributed by atoms with Gasteiger partial charge in [-0.3, -0.25) is 4.90 Å². The minimum absolute atomic E-state index is 0.0685. The molecule has 0 aromatic heterocycles. The molecule has 0 aliphatic heterocycles. The van der Waals surface area contributed by atoms with Crippen molar-refractivity contribution in [1.82, 2.24) is 4.90 Å². The van der Waals surface area contributed by atoms with Crippen LogP contribution in [0.2, 0.25) is 0 Å². The highest BCUT2D eigenvalue weighted by atomic mass is 15.1. The maximum absolute atomic E-state index is 6.18. The molecule has 15 heavy (non-hydrogen) atoms. The minimum atomic E-state index is -0.187. The lowest BCUT2D eigenvalue weighted by atomic mass is 9.75. The van der Waals surface area contributed by atoms with Crippen LogP contribution in [0, 0.1) is 5.41 Å². The maximum atomic E-state index is 6.18. The summed E-state index contributed by atoms with van der Waals surface area (Å²) >= 11 is 0. The number of hydrogen-bond donors (Lipinski definition) is 1. The van der Waals surface area contributed by atoms with Gasteiger partial charge in [-0.15, -0.1) is 13.2 Å². The van der Waals surface area contributed by atoms with Crippen LogP contribution in [0.4, 0.5) is 0 Å². The second-order valence-electron chi connectivity index (χ2n) is 5.38. The van der Waals surface area contributed by atoms with E-state index in [2.05, 4.69) is 45.8 Å². The number of nitrogens with two attached hydrogens (primary N) is 1. The summed E-state index contributed by atoms with van der Waals surface area (Å²) in [6.07, 6.45) is 3.84. The van der Waals surface area contributed by atoms with Gasteiger partial charge in [0, 0.05) is 25.2 Å². The molecular formula is C13H26N2. The van der Waals surface area contributed by atoms with Gasteiger partial charge in [-0.1, -0.05) is 26.0 Å². The van der Waals surface area contributed by atoms with E-state index >= 15 is 0 Å². The predicted octanol–water partition coefficient (Wildman–Crippen LogP) is 2.42. The first-order valence-corrected chi connectivity index (χ1v) is 5.47. The van der Waals surface area contributed by atoms with E-state index in [0.29, 0.717) is 0 Å². The third kappa shape index (κ3) is 4.63. The Labute approximate surface area is 94.8 Å². The lowest BCUT2D eigenvalue weighted by Gasteiger charge is -2.41. The normalized spacial score (nSPS) is 12.9. The fourth-order valence-corrected chi connectivity index (χ4v) is 1.33. The molecule has 0 bridgehead atoms. The molecule has 0 spiro atoms. The Kier molecular flexibility index (Phi) is 5.26. The van der Waals surface area contributed by atoms with Crippen molar-refractivity contribution in [3.63, 3.8) is 0 Å². The summed E-state index contributed by atoms with van der Waals surface area (Å²) in [6.45, 7) is 18.8. The second-order valence-corrected chi connectivity index (χ2v) is 5.38. The van der Waals surface area contributed by atoms with Crippen LogP contribution in [-0.4, -0.2) is 30.1 Å². The van der Waals surface area contributed by atoms with E-state index in [0.717, 1.165) is 19.6 Å². The maximum Gasteiger partial charge on any atom is 0.0164 e. The monoisotopic (exact) mass is 210 g/mol. The van der Waals surface area contributed by atoms with Crippen molar-refractivity contribution in [3.05, 3.63) is 25.3 Å². The summed E-state index contributed by atoms with van der Waals surface area (Å²) in [7, 11) is 0. The average molecular weight is 210 g/mol. The lowest BCUT2D eigenvalue weighted by molar-refractivity contribution is 0.129. The minimum Gasteiger partial charge on any atom is -0.325 e. The first kappa shape index (κ1) is 14.4. The van der Waals surface area contributed by atoms with Gasteiger partial charge in [0.1, 0.15) is 0 Å². The van der Waals surface area contributed by atoms with Crippen LogP contribution < -0.4 is 5.73 Å². The molecule has 0 amide bonds. The van der Waals surface area contributed by atoms with Crippen molar-refractivity contribution in [2.24, 2.45) is 11.1 Å². The molecule has 0 aliphatic carbocycles. The van der Waals surface area contributed by atoms with Gasteiger partial charge in [-0.2, -0.15) is 0 Å². The van der Waals surface area contributed by atoms with E-state index in [-0.39, 0.29) is 11.0 Å². The molecule has 0 saturated carbocycles. The molecule has 0 aromatic rings. The summed E-state index contributed by atoms with van der Waals surface area (Å²) in [5, 5.41) is 0. The molecule has 0 rings (SSSR count). The third-order valence-electron chi connectivity index (χ3n) is 3.14. The standard InChI is InChI=1S/C13H26N2/c1-7-9-15(10-8-2)11-12(3,4)13(5,6)14/h7-8H,1-2,9-11,14H2,3-6H3. The van der Waals surface area contributed by atoms with Gasteiger partial charge in [0.15, 0.2) is 0 Å². The van der Waals surface area contributed by atoms with E-state index in [1.165, 1.54) is 0 Å². The Morgan fingerprint density at radius 2 is 1.47 bits per heavy atom. The van der Waals surface area contributed by atoms with Crippen molar-refractivity contribution < 1.29 is 0 Å². The average Bonchev–Trinajstić information content (AvgIpc) is 2.02. The molecule has 0 unspecified atom stereocenters. The van der Waals surface area contributed by atoms with Crippen LogP contribution in [0.1, 0.15) is 27.7 Å². The Bertz CT molecular complexity index is 201. The molecule has 2 nitrogen and oxygen atoms in total. The lowest BCUT2D eigenvalue weighted by Crippen LogP contribution is -2.53. The number of nitrogens with zero attached hydrogens (tertiary/aromatic N) is 1. The molecule has 0 heterocycles. The molecule has 88 valence electrons. The Morgan fingerprint density at radius 3 is 1.73 bits per heavy atom. The SMILES string of the molecule is C=CCN(CC=C)CC(C)(C)C(C)(C)N. The molecule has 0 atom stereocenters. The number of hydrogen-bond acceptors (Lipinski definition) is 2. The Balaban J connectivity index is 4.50. The van der Waals surface area contributed by atoms with Crippen LogP contribution in [0.3, 0.4) is 0 Å². The summed E-state index contributed by atoms with van der Waals surface area (Å²) < 4.78 is 0. The van der Waals surface area contributed by atoms with Crippen LogP contribution in [0.25, 0.3) is 0 Å². The van der Waals surface area contributed by atoms with Crippen molar-refractivity contribution in [2.45, 2.75) is 33.2 Å². The van der Waals surface area contributed by atoms with E-state index in [1.807, 2.05) is 12.2 Å². The molecule has 0 saturated heterocycles. The molecule has 2 heteroatoms. The van der Waals surface area contributed by atoms with Gasteiger partial charge < -0.3 is 5.73 Å². The van der Waals surface area contributed by atoms with Crippen LogP contribution in [-0.2, 0) is 0 Å². The fourth-order valence-electron chi connectivity index (χ4n) is 1.33. The first-order valence-electron chi connectivity index (χ1n) is 5.47. The highest BCUT2D eigenvalue weighted by Crippen LogP contribution is 2.29. The second kappa shape index (κ2) is 5.47. The van der Waals surface area contributed by atoms with Crippen LogP contribution >= 0.6 is 0 Å². The van der Waals surface area contributed by atoms with Crippen molar-refractivity contribution >= 4 is 0 Å². The number of rotatable bonds is 7. The van der Waals surface area contributed by atoms with E-state index in [1.54, 1.807) is 0 Å². The predicted molar refractivity (Wildman–Crippen MR) is 68.9 cm³/mol. The van der Waals surface area contributed by atoms with E-state index in [9.17, 15) is 0 Å². The van der Waals surface area contributed by atoms with E-state index < -0.39 is 0 Å². The zero-order valence-electron chi connectivity index (χ0n) is 10.7. The largest absolute Gasteiger partial charge is 0.325 e. The van der Waals surface area contributed by atoms with Gasteiger partial charge in [0.25, 0.3) is 0 Å². The smallest absolute Gasteiger partial charge is 0.0164 e. The highest BCUT2D eigenvalue weighted by molar-refractivity contribution is 4.94. The zero-order chi connectivity index (χ0) is 12.1. The highest BCUT2D eigenvalue weighted by Gasteiger charge is 2.34. The zero-order valence-corrected chi connectivity index (χ0v) is 10.7. The summed E-state index contributed by atoms with van der Waals surface area (Å²) in [5.41, 5.74) is 6.06. The van der Waals surface area contributed by atoms with Crippen molar-refractivity contribution in [2.75, 3.05) is 19.6 Å². The van der Waals surface area contributed by atoms with Gasteiger partial charge in [-0.25, -0.2) is 0 Å². The molecule has 0 fully saturated rings.